The van der Waals surface area contributed by atoms with Gasteiger partial charge in [-0.25, -0.2) is 0 Å². The van der Waals surface area contributed by atoms with Gasteiger partial charge in [0.25, 0.3) is 0 Å². The summed E-state index contributed by atoms with van der Waals surface area (Å²) in [7, 11) is 0. The molecule has 4 nitrogen and oxygen atoms in total. The van der Waals surface area contributed by atoms with Gasteiger partial charge in [0.2, 0.25) is 0 Å². The summed E-state index contributed by atoms with van der Waals surface area (Å²) in [5.41, 5.74) is 5.92. The Bertz CT molecular complexity index is 241. The lowest BCUT2D eigenvalue weighted by Gasteiger charge is -2.16. The molecule has 0 bridgehead atoms. The average Bonchev–Trinajstić information content (AvgIpc) is 2.18. The van der Waals surface area contributed by atoms with E-state index in [-0.39, 0.29) is 0 Å². The maximum absolute atomic E-state index is 9.59. The Morgan fingerprint density at radius 1 is 1.31 bits per heavy atom. The lowest BCUT2D eigenvalue weighted by atomic mass is 10.0. The van der Waals surface area contributed by atoms with Crippen LogP contribution < -0.4 is 5.73 Å². The fourth-order valence-electron chi connectivity index (χ4n) is 1.11. The minimum Gasteiger partial charge on any atom is -0.390 e. The Balaban J connectivity index is 2.62. The topological polar surface area (TPSA) is 79.4 Å². The molecule has 0 saturated carbocycles. The second kappa shape index (κ2) is 4.91. The van der Waals surface area contributed by atoms with Crippen molar-refractivity contribution < 1.29 is 10.2 Å². The van der Waals surface area contributed by atoms with Gasteiger partial charge in [-0.1, -0.05) is 0 Å². The second-order valence-electron chi connectivity index (χ2n) is 2.87. The Morgan fingerprint density at radius 2 is 1.92 bits per heavy atom. The molecule has 0 radical (unpaired) electrons. The lowest BCUT2D eigenvalue weighted by Crippen LogP contribution is -2.21. The Kier molecular flexibility index (Phi) is 3.82. The molecule has 4 heteroatoms. The number of aliphatic hydroxyl groups is 2. The first-order valence-corrected chi connectivity index (χ1v) is 4.22. The Hall–Kier alpha value is -0.970. The van der Waals surface area contributed by atoms with Crippen LogP contribution in [0.25, 0.3) is 0 Å². The van der Waals surface area contributed by atoms with E-state index in [4.69, 9.17) is 5.73 Å². The number of aliphatic hydroxyl groups excluding tert-OH is 2. The molecule has 1 aromatic heterocycles. The zero-order valence-electron chi connectivity index (χ0n) is 7.30. The summed E-state index contributed by atoms with van der Waals surface area (Å²) in [4.78, 5) is 3.82. The standard InChI is InChI=1S/C9H14N2O2/c10-4-1-8(12)9(13)7-2-5-11-6-3-7/h2-3,5-6,8-9,12-13H,1,4,10H2. The van der Waals surface area contributed by atoms with E-state index in [0.29, 0.717) is 18.5 Å². The highest BCUT2D eigenvalue weighted by atomic mass is 16.3. The van der Waals surface area contributed by atoms with Crippen LogP contribution in [0, 0.1) is 0 Å². The SMILES string of the molecule is NCCC(O)C(O)c1ccncc1. The van der Waals surface area contributed by atoms with Gasteiger partial charge in [-0.3, -0.25) is 4.98 Å². The first-order chi connectivity index (χ1) is 6.25. The van der Waals surface area contributed by atoms with E-state index < -0.39 is 12.2 Å². The molecule has 1 rings (SSSR count). The van der Waals surface area contributed by atoms with Gasteiger partial charge in [0.15, 0.2) is 0 Å². The Morgan fingerprint density at radius 3 is 2.46 bits per heavy atom. The van der Waals surface area contributed by atoms with Gasteiger partial charge >= 0.3 is 0 Å². The van der Waals surface area contributed by atoms with Crippen LogP contribution in [0.15, 0.2) is 24.5 Å². The summed E-state index contributed by atoms with van der Waals surface area (Å²) in [6.45, 7) is 0.364. The van der Waals surface area contributed by atoms with E-state index in [0.717, 1.165) is 0 Å². The zero-order valence-corrected chi connectivity index (χ0v) is 7.30. The number of nitrogens with zero attached hydrogens (tertiary/aromatic N) is 1. The summed E-state index contributed by atoms with van der Waals surface area (Å²) < 4.78 is 0. The van der Waals surface area contributed by atoms with Crippen molar-refractivity contribution in [2.24, 2.45) is 5.73 Å². The molecule has 1 heterocycles. The van der Waals surface area contributed by atoms with E-state index in [2.05, 4.69) is 4.98 Å². The largest absolute Gasteiger partial charge is 0.390 e. The van der Waals surface area contributed by atoms with Gasteiger partial charge in [0.05, 0.1) is 6.10 Å². The predicted molar refractivity (Wildman–Crippen MR) is 48.9 cm³/mol. The number of aromatic nitrogens is 1. The summed E-state index contributed by atoms with van der Waals surface area (Å²) in [5.74, 6) is 0. The van der Waals surface area contributed by atoms with E-state index >= 15 is 0 Å². The highest BCUT2D eigenvalue weighted by Gasteiger charge is 2.16. The third-order valence-corrected chi connectivity index (χ3v) is 1.87. The third kappa shape index (κ3) is 2.77. The van der Waals surface area contributed by atoms with Crippen LogP contribution in [0.1, 0.15) is 18.1 Å². The van der Waals surface area contributed by atoms with Crippen LogP contribution in [-0.2, 0) is 0 Å². The zero-order chi connectivity index (χ0) is 9.68. The monoisotopic (exact) mass is 182 g/mol. The van der Waals surface area contributed by atoms with Gasteiger partial charge in [-0.15, -0.1) is 0 Å². The Labute approximate surface area is 77.0 Å². The molecule has 0 spiro atoms. The van der Waals surface area contributed by atoms with Crippen molar-refractivity contribution in [1.82, 2.24) is 4.98 Å². The first kappa shape index (κ1) is 10.1. The highest BCUT2D eigenvalue weighted by Crippen LogP contribution is 2.17. The van der Waals surface area contributed by atoms with Crippen molar-refractivity contribution >= 4 is 0 Å². The van der Waals surface area contributed by atoms with Crippen LogP contribution >= 0.6 is 0 Å². The molecule has 0 aliphatic carbocycles. The maximum Gasteiger partial charge on any atom is 0.105 e. The minimum atomic E-state index is -0.869. The molecule has 2 unspecified atom stereocenters. The maximum atomic E-state index is 9.59. The third-order valence-electron chi connectivity index (χ3n) is 1.87. The van der Waals surface area contributed by atoms with Gasteiger partial charge in [0.1, 0.15) is 6.10 Å². The van der Waals surface area contributed by atoms with Crippen LogP contribution in [0.3, 0.4) is 0 Å². The smallest absolute Gasteiger partial charge is 0.105 e. The molecule has 72 valence electrons. The average molecular weight is 182 g/mol. The lowest BCUT2D eigenvalue weighted by molar-refractivity contribution is 0.0150. The molecule has 0 aromatic carbocycles. The molecule has 13 heavy (non-hydrogen) atoms. The summed E-state index contributed by atoms with van der Waals surface area (Å²) >= 11 is 0. The van der Waals surface area contributed by atoms with Crippen LogP contribution in [0.5, 0.6) is 0 Å². The molecular formula is C9H14N2O2. The molecule has 0 fully saturated rings. The summed E-state index contributed by atoms with van der Waals surface area (Å²) in [6.07, 6.45) is 1.88. The highest BCUT2D eigenvalue weighted by molar-refractivity contribution is 5.14. The molecule has 2 atom stereocenters. The summed E-state index contributed by atoms with van der Waals surface area (Å²) in [6, 6.07) is 3.34. The summed E-state index contributed by atoms with van der Waals surface area (Å²) in [5, 5.41) is 19.0. The van der Waals surface area contributed by atoms with Crippen molar-refractivity contribution in [3.8, 4) is 0 Å². The molecule has 0 aliphatic rings. The van der Waals surface area contributed by atoms with Crippen molar-refractivity contribution in [2.45, 2.75) is 18.6 Å². The van der Waals surface area contributed by atoms with E-state index in [1.54, 1.807) is 24.5 Å². The normalized spacial score (nSPS) is 15.3. The first-order valence-electron chi connectivity index (χ1n) is 4.22. The van der Waals surface area contributed by atoms with E-state index in [1.807, 2.05) is 0 Å². The quantitative estimate of drug-likeness (QED) is 0.603. The van der Waals surface area contributed by atoms with Gasteiger partial charge in [0, 0.05) is 12.4 Å². The number of hydrogen-bond acceptors (Lipinski definition) is 4. The fraction of sp³-hybridized carbons (Fsp3) is 0.444. The van der Waals surface area contributed by atoms with Crippen molar-refractivity contribution in [3.63, 3.8) is 0 Å². The molecule has 0 saturated heterocycles. The number of rotatable bonds is 4. The minimum absolute atomic E-state index is 0.364. The van der Waals surface area contributed by atoms with Gasteiger partial charge in [-0.05, 0) is 30.7 Å². The predicted octanol–water partition coefficient (Wildman–Crippen LogP) is -0.175. The van der Waals surface area contributed by atoms with E-state index in [1.165, 1.54) is 0 Å². The molecule has 0 aliphatic heterocycles. The molecule has 0 amide bonds. The molecule has 4 N–H and O–H groups in total. The fourth-order valence-corrected chi connectivity index (χ4v) is 1.11. The molecular weight excluding hydrogens is 168 g/mol. The van der Waals surface area contributed by atoms with Gasteiger partial charge < -0.3 is 15.9 Å². The van der Waals surface area contributed by atoms with Crippen molar-refractivity contribution in [2.75, 3.05) is 6.54 Å². The van der Waals surface area contributed by atoms with Crippen LogP contribution in [0.2, 0.25) is 0 Å². The number of nitrogens with two attached hydrogens (primary N) is 1. The van der Waals surface area contributed by atoms with E-state index in [9.17, 15) is 10.2 Å². The van der Waals surface area contributed by atoms with Crippen molar-refractivity contribution in [3.05, 3.63) is 30.1 Å². The van der Waals surface area contributed by atoms with Crippen LogP contribution in [-0.4, -0.2) is 27.8 Å². The second-order valence-corrected chi connectivity index (χ2v) is 2.87. The molecule has 1 aromatic rings. The number of pyridine rings is 1. The van der Waals surface area contributed by atoms with Crippen molar-refractivity contribution in [1.29, 1.82) is 0 Å². The van der Waals surface area contributed by atoms with Gasteiger partial charge in [-0.2, -0.15) is 0 Å². The number of hydrogen-bond donors (Lipinski definition) is 3. The van der Waals surface area contributed by atoms with Crippen LogP contribution in [0.4, 0.5) is 0 Å².